The Bertz CT molecular complexity index is 601. The molecule has 6 nitrogen and oxygen atoms in total. The molecule has 0 aliphatic carbocycles. The van der Waals surface area contributed by atoms with Crippen LogP contribution in [0, 0.1) is 5.92 Å². The smallest absolute Gasteiger partial charge is 0.242 e. The molecule has 138 valence electrons. The summed E-state index contributed by atoms with van der Waals surface area (Å²) in [5, 5.41) is 5.77. The van der Waals surface area contributed by atoms with Crippen LogP contribution in [0.25, 0.3) is 0 Å². The number of amides is 2. The van der Waals surface area contributed by atoms with Crippen molar-refractivity contribution in [1.29, 1.82) is 0 Å². The summed E-state index contributed by atoms with van der Waals surface area (Å²) in [7, 11) is 0. The van der Waals surface area contributed by atoms with Gasteiger partial charge < -0.3 is 20.1 Å². The van der Waals surface area contributed by atoms with Gasteiger partial charge in [0, 0.05) is 13.0 Å². The number of fused-ring (bicyclic) bond motifs is 1. The van der Waals surface area contributed by atoms with Crippen LogP contribution in [0.15, 0.2) is 18.2 Å². The molecule has 0 unspecified atom stereocenters. The Morgan fingerprint density at radius 2 is 1.96 bits per heavy atom. The van der Waals surface area contributed by atoms with Crippen LogP contribution in [0.2, 0.25) is 0 Å². The lowest BCUT2D eigenvalue weighted by atomic mass is 10.0. The van der Waals surface area contributed by atoms with Crippen molar-refractivity contribution in [2.45, 2.75) is 52.5 Å². The molecular formula is C19H28N2O4. The average Bonchev–Trinajstić information content (AvgIpc) is 3.01. The maximum Gasteiger partial charge on any atom is 0.242 e. The molecule has 1 heterocycles. The van der Waals surface area contributed by atoms with E-state index in [0.717, 1.165) is 23.5 Å². The van der Waals surface area contributed by atoms with E-state index >= 15 is 0 Å². The lowest BCUT2D eigenvalue weighted by molar-refractivity contribution is -0.129. The molecule has 0 bridgehead atoms. The Morgan fingerprint density at radius 3 is 2.68 bits per heavy atom. The van der Waals surface area contributed by atoms with Crippen molar-refractivity contribution in [3.63, 3.8) is 0 Å². The normalized spacial score (nSPS) is 13.6. The Labute approximate surface area is 149 Å². The van der Waals surface area contributed by atoms with E-state index in [-0.39, 0.29) is 18.6 Å². The van der Waals surface area contributed by atoms with E-state index in [1.165, 1.54) is 0 Å². The lowest BCUT2D eigenvalue weighted by Gasteiger charge is -2.20. The van der Waals surface area contributed by atoms with Gasteiger partial charge in [0.05, 0.1) is 0 Å². The number of hydrogen-bond acceptors (Lipinski definition) is 4. The fourth-order valence-electron chi connectivity index (χ4n) is 2.75. The van der Waals surface area contributed by atoms with Crippen LogP contribution in [0.3, 0.4) is 0 Å². The molecule has 2 rings (SSSR count). The molecule has 6 heteroatoms. The van der Waals surface area contributed by atoms with Crippen molar-refractivity contribution < 1.29 is 19.1 Å². The van der Waals surface area contributed by atoms with Crippen molar-refractivity contribution in [3.05, 3.63) is 23.8 Å². The van der Waals surface area contributed by atoms with Crippen LogP contribution in [0.5, 0.6) is 11.5 Å². The predicted octanol–water partition coefficient (Wildman–Crippen LogP) is 2.41. The molecule has 1 aliphatic heterocycles. The second kappa shape index (κ2) is 9.30. The molecule has 2 N–H and O–H groups in total. The molecular weight excluding hydrogens is 320 g/mol. The van der Waals surface area contributed by atoms with Crippen LogP contribution >= 0.6 is 0 Å². The van der Waals surface area contributed by atoms with Gasteiger partial charge >= 0.3 is 0 Å². The molecule has 0 fully saturated rings. The first-order valence-electron chi connectivity index (χ1n) is 8.95. The zero-order chi connectivity index (χ0) is 18.2. The summed E-state index contributed by atoms with van der Waals surface area (Å²) >= 11 is 0. The zero-order valence-electron chi connectivity index (χ0n) is 15.3. The third-order valence-corrected chi connectivity index (χ3v) is 3.99. The zero-order valence-corrected chi connectivity index (χ0v) is 15.3. The summed E-state index contributed by atoms with van der Waals surface area (Å²) in [5.41, 5.74) is 1.07. The minimum absolute atomic E-state index is 0.0703. The monoisotopic (exact) mass is 348 g/mol. The Balaban J connectivity index is 1.84. The quantitative estimate of drug-likeness (QED) is 0.718. The maximum absolute atomic E-state index is 12.4. The number of ether oxygens (including phenoxy) is 2. The van der Waals surface area contributed by atoms with Crippen LogP contribution in [0.4, 0.5) is 0 Å². The molecule has 0 radical (unpaired) electrons. The van der Waals surface area contributed by atoms with Gasteiger partial charge in [0.2, 0.25) is 18.6 Å². The molecule has 0 saturated heterocycles. The second-order valence-electron chi connectivity index (χ2n) is 6.73. The van der Waals surface area contributed by atoms with Gasteiger partial charge in [0.1, 0.15) is 6.04 Å². The first-order chi connectivity index (χ1) is 12.0. The van der Waals surface area contributed by atoms with E-state index < -0.39 is 6.04 Å². The van der Waals surface area contributed by atoms with Gasteiger partial charge in [-0.3, -0.25) is 9.59 Å². The van der Waals surface area contributed by atoms with E-state index in [0.29, 0.717) is 31.7 Å². The minimum atomic E-state index is -0.476. The highest BCUT2D eigenvalue weighted by Gasteiger charge is 2.21. The summed E-state index contributed by atoms with van der Waals surface area (Å²) in [6.07, 6.45) is 2.54. The highest BCUT2D eigenvalue weighted by Crippen LogP contribution is 2.32. The third-order valence-electron chi connectivity index (χ3n) is 3.99. The number of carbonyl (C=O) groups excluding carboxylic acids is 2. The molecule has 0 saturated carbocycles. The van der Waals surface area contributed by atoms with Gasteiger partial charge in [-0.2, -0.15) is 0 Å². The SMILES string of the molecule is CCCC(=O)N[C@@H](CC(C)C)C(=O)NCCc1ccc2c(c1)OCO2. The minimum Gasteiger partial charge on any atom is -0.454 e. The van der Waals surface area contributed by atoms with Crippen LogP contribution in [0.1, 0.15) is 45.6 Å². The summed E-state index contributed by atoms with van der Waals surface area (Å²) in [4.78, 5) is 24.3. The molecule has 0 aromatic heterocycles. The molecule has 1 aromatic carbocycles. The molecule has 1 aliphatic rings. The number of nitrogens with one attached hydrogen (secondary N) is 2. The van der Waals surface area contributed by atoms with Crippen LogP contribution < -0.4 is 20.1 Å². The highest BCUT2D eigenvalue weighted by atomic mass is 16.7. The first-order valence-corrected chi connectivity index (χ1v) is 8.95. The summed E-state index contributed by atoms with van der Waals surface area (Å²) in [5.74, 6) is 1.63. The summed E-state index contributed by atoms with van der Waals surface area (Å²) < 4.78 is 10.6. The number of rotatable bonds is 9. The lowest BCUT2D eigenvalue weighted by Crippen LogP contribution is -2.47. The predicted molar refractivity (Wildman–Crippen MR) is 95.6 cm³/mol. The molecule has 0 spiro atoms. The largest absolute Gasteiger partial charge is 0.454 e. The van der Waals surface area contributed by atoms with Crippen molar-refractivity contribution in [2.24, 2.45) is 5.92 Å². The molecule has 2 amide bonds. The number of carbonyl (C=O) groups is 2. The number of hydrogen-bond donors (Lipinski definition) is 2. The van der Waals surface area contributed by atoms with E-state index in [1.807, 2.05) is 39.0 Å². The highest BCUT2D eigenvalue weighted by molar-refractivity contribution is 5.87. The first kappa shape index (κ1) is 19.1. The third kappa shape index (κ3) is 5.96. The Morgan fingerprint density at radius 1 is 1.20 bits per heavy atom. The maximum atomic E-state index is 12.4. The van der Waals surface area contributed by atoms with Gasteiger partial charge in [-0.1, -0.05) is 26.8 Å². The van der Waals surface area contributed by atoms with E-state index in [4.69, 9.17) is 9.47 Å². The molecule has 1 aromatic rings. The van der Waals surface area contributed by atoms with Crippen molar-refractivity contribution in [2.75, 3.05) is 13.3 Å². The Hall–Kier alpha value is -2.24. The second-order valence-corrected chi connectivity index (χ2v) is 6.73. The Kier molecular flexibility index (Phi) is 7.10. The fraction of sp³-hybridized carbons (Fsp3) is 0.579. The van der Waals surface area contributed by atoms with E-state index in [2.05, 4.69) is 10.6 Å². The van der Waals surface area contributed by atoms with Gasteiger partial charge in [0.15, 0.2) is 11.5 Å². The van der Waals surface area contributed by atoms with Gasteiger partial charge in [-0.05, 0) is 42.9 Å². The molecule has 1 atom stereocenters. The van der Waals surface area contributed by atoms with Crippen molar-refractivity contribution >= 4 is 11.8 Å². The van der Waals surface area contributed by atoms with Crippen molar-refractivity contribution in [1.82, 2.24) is 10.6 Å². The average molecular weight is 348 g/mol. The van der Waals surface area contributed by atoms with Gasteiger partial charge in [0.25, 0.3) is 0 Å². The standard InChI is InChI=1S/C19H28N2O4/c1-4-5-18(22)21-15(10-13(2)3)19(23)20-9-8-14-6-7-16-17(11-14)25-12-24-16/h6-7,11,13,15H,4-5,8-10,12H2,1-3H3,(H,20,23)(H,21,22)/t15-/m0/s1. The topological polar surface area (TPSA) is 76.7 Å². The van der Waals surface area contributed by atoms with E-state index in [1.54, 1.807) is 0 Å². The summed E-state index contributed by atoms with van der Waals surface area (Å²) in [6, 6.07) is 5.31. The number of benzene rings is 1. The van der Waals surface area contributed by atoms with Crippen LogP contribution in [-0.4, -0.2) is 31.2 Å². The molecule has 25 heavy (non-hydrogen) atoms. The fourth-order valence-corrected chi connectivity index (χ4v) is 2.75. The van der Waals surface area contributed by atoms with Gasteiger partial charge in [-0.15, -0.1) is 0 Å². The van der Waals surface area contributed by atoms with Crippen LogP contribution in [-0.2, 0) is 16.0 Å². The van der Waals surface area contributed by atoms with E-state index in [9.17, 15) is 9.59 Å². The van der Waals surface area contributed by atoms with Crippen molar-refractivity contribution in [3.8, 4) is 11.5 Å². The van der Waals surface area contributed by atoms with Gasteiger partial charge in [-0.25, -0.2) is 0 Å². The summed E-state index contributed by atoms with van der Waals surface area (Å²) in [6.45, 7) is 6.79.